The fourth-order valence-electron chi connectivity index (χ4n) is 4.58. The van der Waals surface area contributed by atoms with Gasteiger partial charge < -0.3 is 9.47 Å². The third kappa shape index (κ3) is 4.21. The predicted molar refractivity (Wildman–Crippen MR) is 104 cm³/mol. The minimum atomic E-state index is 0.0433. The van der Waals surface area contributed by atoms with Crippen molar-refractivity contribution in [2.24, 2.45) is 13.0 Å². The number of carbonyl (C=O) groups excluding carboxylic acids is 1. The maximum Gasteiger partial charge on any atom is 0.289 e. The number of aromatic nitrogens is 3. The molecule has 2 aromatic heterocycles. The lowest BCUT2D eigenvalue weighted by Crippen LogP contribution is -2.39. The lowest BCUT2D eigenvalue weighted by Gasteiger charge is -2.29. The molecule has 0 bridgehead atoms. The molecule has 1 aliphatic heterocycles. The van der Waals surface area contributed by atoms with E-state index in [9.17, 15) is 4.79 Å². The summed E-state index contributed by atoms with van der Waals surface area (Å²) in [5.41, 5.74) is 1.11. The molecule has 4 rings (SSSR count). The number of aryl methyl sites for hydroxylation is 1. The lowest BCUT2D eigenvalue weighted by atomic mass is 10.0. The first-order chi connectivity index (χ1) is 13.2. The normalized spacial score (nSPS) is 22.1. The molecule has 3 heterocycles. The van der Waals surface area contributed by atoms with Crippen molar-refractivity contribution < 1.29 is 4.79 Å². The highest BCUT2D eigenvalue weighted by molar-refractivity contribution is 5.90. The molecule has 2 fully saturated rings. The SMILES string of the molecule is Cn1ccnc1C(=O)N1CCN(C2CCCC2)C[C@@H](Cc2ccccn2)C1. The Balaban J connectivity index is 1.53. The van der Waals surface area contributed by atoms with Gasteiger partial charge >= 0.3 is 0 Å². The maximum absolute atomic E-state index is 13.1. The molecular weight excluding hydrogens is 338 g/mol. The van der Waals surface area contributed by atoms with E-state index >= 15 is 0 Å². The Morgan fingerprint density at radius 3 is 2.67 bits per heavy atom. The summed E-state index contributed by atoms with van der Waals surface area (Å²) in [6.45, 7) is 3.55. The molecule has 0 radical (unpaired) electrons. The summed E-state index contributed by atoms with van der Waals surface area (Å²) in [7, 11) is 1.88. The Bertz CT molecular complexity index is 753. The molecule has 144 valence electrons. The van der Waals surface area contributed by atoms with Crippen LogP contribution in [0.2, 0.25) is 0 Å². The molecular formula is C21H29N5O. The lowest BCUT2D eigenvalue weighted by molar-refractivity contribution is 0.0728. The van der Waals surface area contributed by atoms with Crippen LogP contribution in [0, 0.1) is 5.92 Å². The first-order valence-corrected chi connectivity index (χ1v) is 10.1. The first kappa shape index (κ1) is 18.2. The molecule has 2 aromatic rings. The Morgan fingerprint density at radius 1 is 1.11 bits per heavy atom. The molecule has 2 aliphatic rings. The molecule has 0 aromatic carbocycles. The molecule has 1 aliphatic carbocycles. The van der Waals surface area contributed by atoms with Gasteiger partial charge in [-0.25, -0.2) is 4.98 Å². The topological polar surface area (TPSA) is 54.3 Å². The number of hydrogen-bond acceptors (Lipinski definition) is 4. The zero-order chi connectivity index (χ0) is 18.6. The van der Waals surface area contributed by atoms with Crippen molar-refractivity contribution in [3.8, 4) is 0 Å². The van der Waals surface area contributed by atoms with Crippen molar-refractivity contribution in [2.75, 3.05) is 26.2 Å². The molecule has 1 saturated carbocycles. The van der Waals surface area contributed by atoms with Crippen molar-refractivity contribution in [2.45, 2.75) is 38.1 Å². The van der Waals surface area contributed by atoms with E-state index in [0.29, 0.717) is 17.8 Å². The number of pyridine rings is 1. The van der Waals surface area contributed by atoms with Crippen LogP contribution in [0.3, 0.4) is 0 Å². The highest BCUT2D eigenvalue weighted by atomic mass is 16.2. The van der Waals surface area contributed by atoms with Crippen LogP contribution in [0.5, 0.6) is 0 Å². The summed E-state index contributed by atoms with van der Waals surface area (Å²) >= 11 is 0. The highest BCUT2D eigenvalue weighted by Gasteiger charge is 2.32. The van der Waals surface area contributed by atoms with Gasteiger partial charge in [0.05, 0.1) is 0 Å². The van der Waals surface area contributed by atoms with Gasteiger partial charge in [-0.3, -0.25) is 14.7 Å². The highest BCUT2D eigenvalue weighted by Crippen LogP contribution is 2.26. The van der Waals surface area contributed by atoms with Crippen LogP contribution in [0.4, 0.5) is 0 Å². The Hall–Kier alpha value is -2.21. The van der Waals surface area contributed by atoms with Gasteiger partial charge in [0.15, 0.2) is 5.82 Å². The van der Waals surface area contributed by atoms with Gasteiger partial charge in [-0.15, -0.1) is 0 Å². The summed E-state index contributed by atoms with van der Waals surface area (Å²) < 4.78 is 1.82. The average molecular weight is 367 g/mol. The van der Waals surface area contributed by atoms with Crippen LogP contribution >= 0.6 is 0 Å². The zero-order valence-electron chi connectivity index (χ0n) is 16.1. The fraction of sp³-hybridized carbons (Fsp3) is 0.571. The van der Waals surface area contributed by atoms with Crippen molar-refractivity contribution in [1.82, 2.24) is 24.3 Å². The molecule has 0 N–H and O–H groups in total. The number of amides is 1. The van der Waals surface area contributed by atoms with E-state index in [4.69, 9.17) is 0 Å². The van der Waals surface area contributed by atoms with Crippen molar-refractivity contribution in [3.05, 3.63) is 48.3 Å². The molecule has 27 heavy (non-hydrogen) atoms. The van der Waals surface area contributed by atoms with E-state index in [1.165, 1.54) is 25.7 Å². The smallest absolute Gasteiger partial charge is 0.289 e. The maximum atomic E-state index is 13.1. The minimum Gasteiger partial charge on any atom is -0.334 e. The summed E-state index contributed by atoms with van der Waals surface area (Å²) in [6.07, 6.45) is 11.6. The predicted octanol–water partition coefficient (Wildman–Crippen LogP) is 2.37. The quantitative estimate of drug-likeness (QED) is 0.833. The van der Waals surface area contributed by atoms with Crippen LogP contribution in [0.25, 0.3) is 0 Å². The zero-order valence-corrected chi connectivity index (χ0v) is 16.1. The van der Waals surface area contributed by atoms with Crippen molar-refractivity contribution in [3.63, 3.8) is 0 Å². The van der Waals surface area contributed by atoms with E-state index in [1.807, 2.05) is 41.0 Å². The molecule has 0 spiro atoms. The Kier molecular flexibility index (Phi) is 5.53. The molecule has 0 unspecified atom stereocenters. The fourth-order valence-corrected chi connectivity index (χ4v) is 4.58. The second kappa shape index (κ2) is 8.21. The van der Waals surface area contributed by atoms with Gasteiger partial charge in [0.25, 0.3) is 5.91 Å². The average Bonchev–Trinajstić information content (AvgIpc) is 3.31. The van der Waals surface area contributed by atoms with Crippen LogP contribution in [0.15, 0.2) is 36.8 Å². The summed E-state index contributed by atoms with van der Waals surface area (Å²) in [4.78, 5) is 26.5. The van der Waals surface area contributed by atoms with Gasteiger partial charge in [-0.1, -0.05) is 18.9 Å². The Morgan fingerprint density at radius 2 is 1.96 bits per heavy atom. The summed E-state index contributed by atoms with van der Waals surface area (Å²) in [6, 6.07) is 6.78. The minimum absolute atomic E-state index is 0.0433. The molecule has 6 heteroatoms. The standard InChI is InChI=1S/C21H29N5O/c1-24-11-10-23-20(24)21(27)26-13-12-25(19-7-2-3-8-19)15-17(16-26)14-18-6-4-5-9-22-18/h4-6,9-11,17,19H,2-3,7-8,12-16H2,1H3/t17-/m1/s1. The first-order valence-electron chi connectivity index (χ1n) is 10.1. The third-order valence-electron chi connectivity index (χ3n) is 5.99. The molecule has 1 saturated heterocycles. The van der Waals surface area contributed by atoms with Crippen LogP contribution in [-0.4, -0.2) is 62.5 Å². The van der Waals surface area contributed by atoms with E-state index < -0.39 is 0 Å². The Labute approximate surface area is 161 Å². The van der Waals surface area contributed by atoms with Crippen LogP contribution in [-0.2, 0) is 13.5 Å². The largest absolute Gasteiger partial charge is 0.334 e. The van der Waals surface area contributed by atoms with Crippen LogP contribution in [0.1, 0.15) is 42.0 Å². The monoisotopic (exact) mass is 367 g/mol. The van der Waals surface area contributed by atoms with Gasteiger partial charge in [0, 0.05) is 63.6 Å². The summed E-state index contributed by atoms with van der Waals surface area (Å²) in [5, 5.41) is 0. The number of carbonyl (C=O) groups is 1. The molecule has 1 amide bonds. The number of nitrogens with zero attached hydrogens (tertiary/aromatic N) is 5. The van der Waals surface area contributed by atoms with Gasteiger partial charge in [-0.05, 0) is 37.3 Å². The molecule has 1 atom stereocenters. The van der Waals surface area contributed by atoms with Gasteiger partial charge in [-0.2, -0.15) is 0 Å². The number of rotatable bonds is 4. The van der Waals surface area contributed by atoms with Crippen molar-refractivity contribution >= 4 is 5.91 Å². The van der Waals surface area contributed by atoms with Crippen molar-refractivity contribution in [1.29, 1.82) is 0 Å². The second-order valence-electron chi connectivity index (χ2n) is 7.94. The molecule has 6 nitrogen and oxygen atoms in total. The van der Waals surface area contributed by atoms with E-state index in [0.717, 1.165) is 38.3 Å². The van der Waals surface area contributed by atoms with E-state index in [2.05, 4.69) is 20.9 Å². The number of hydrogen-bond donors (Lipinski definition) is 0. The van der Waals surface area contributed by atoms with E-state index in [-0.39, 0.29) is 5.91 Å². The van der Waals surface area contributed by atoms with Crippen LogP contribution < -0.4 is 0 Å². The number of imidazole rings is 1. The second-order valence-corrected chi connectivity index (χ2v) is 7.94. The van der Waals surface area contributed by atoms with E-state index in [1.54, 1.807) is 6.20 Å². The summed E-state index contributed by atoms with van der Waals surface area (Å²) in [5.74, 6) is 0.968. The van der Waals surface area contributed by atoms with Gasteiger partial charge in [0.1, 0.15) is 0 Å². The third-order valence-corrected chi connectivity index (χ3v) is 5.99. The van der Waals surface area contributed by atoms with Gasteiger partial charge in [0.2, 0.25) is 0 Å².